The van der Waals surface area contributed by atoms with Crippen molar-refractivity contribution in [1.29, 1.82) is 0 Å². The summed E-state index contributed by atoms with van der Waals surface area (Å²) in [7, 11) is 0. The fraction of sp³-hybridized carbons (Fsp3) is 0.533. The van der Waals surface area contributed by atoms with E-state index in [1.54, 1.807) is 11.8 Å². The Bertz CT molecular complexity index is 433. The van der Waals surface area contributed by atoms with Crippen LogP contribution in [0.5, 0.6) is 0 Å². The zero-order valence-electron chi connectivity index (χ0n) is 11.4. The van der Waals surface area contributed by atoms with Gasteiger partial charge < -0.3 is 10.4 Å². The van der Waals surface area contributed by atoms with E-state index in [0.717, 1.165) is 17.7 Å². The molecule has 0 saturated heterocycles. The summed E-state index contributed by atoms with van der Waals surface area (Å²) in [6.07, 6.45) is 2.19. The lowest BCUT2D eigenvalue weighted by Gasteiger charge is -2.30. The summed E-state index contributed by atoms with van der Waals surface area (Å²) in [5.74, 6) is 0.424. The van der Waals surface area contributed by atoms with Crippen LogP contribution in [0.4, 0.5) is 0 Å². The molecule has 0 aliphatic heterocycles. The van der Waals surface area contributed by atoms with Crippen LogP contribution in [0.3, 0.4) is 0 Å². The van der Waals surface area contributed by atoms with E-state index in [4.69, 9.17) is 0 Å². The SMILES string of the molecule is CC(Sc1ccccc1)C(=O)NC(C)(CO)C1CC1. The molecule has 1 aromatic rings. The third-order valence-electron chi connectivity index (χ3n) is 3.64. The van der Waals surface area contributed by atoms with Gasteiger partial charge in [0.1, 0.15) is 0 Å². The van der Waals surface area contributed by atoms with Crippen LogP contribution in [0.2, 0.25) is 0 Å². The van der Waals surface area contributed by atoms with E-state index in [2.05, 4.69) is 5.32 Å². The minimum atomic E-state index is -0.456. The van der Waals surface area contributed by atoms with Gasteiger partial charge in [0.15, 0.2) is 0 Å². The van der Waals surface area contributed by atoms with Gasteiger partial charge in [-0.25, -0.2) is 0 Å². The minimum Gasteiger partial charge on any atom is -0.394 e. The van der Waals surface area contributed by atoms with E-state index >= 15 is 0 Å². The van der Waals surface area contributed by atoms with E-state index < -0.39 is 5.54 Å². The van der Waals surface area contributed by atoms with Crippen LogP contribution in [0, 0.1) is 5.92 Å². The molecule has 1 aliphatic rings. The van der Waals surface area contributed by atoms with E-state index in [1.165, 1.54) is 0 Å². The molecule has 0 aromatic heterocycles. The maximum absolute atomic E-state index is 12.2. The standard InChI is InChI=1S/C15H21NO2S/c1-11(19-13-6-4-3-5-7-13)14(18)16-15(2,10-17)12-8-9-12/h3-7,11-12,17H,8-10H2,1-2H3,(H,16,18). The number of carbonyl (C=O) groups is 1. The van der Waals surface area contributed by atoms with Gasteiger partial charge in [-0.1, -0.05) is 18.2 Å². The molecule has 2 atom stereocenters. The molecule has 3 nitrogen and oxygen atoms in total. The summed E-state index contributed by atoms with van der Waals surface area (Å²) in [6.45, 7) is 3.84. The molecular weight excluding hydrogens is 258 g/mol. The number of thioether (sulfide) groups is 1. The molecule has 19 heavy (non-hydrogen) atoms. The Balaban J connectivity index is 1.92. The number of hydrogen-bond donors (Lipinski definition) is 2. The number of rotatable bonds is 6. The lowest BCUT2D eigenvalue weighted by Crippen LogP contribution is -2.52. The van der Waals surface area contributed by atoms with Crippen molar-refractivity contribution >= 4 is 17.7 Å². The van der Waals surface area contributed by atoms with Crippen molar-refractivity contribution in [3.05, 3.63) is 30.3 Å². The summed E-state index contributed by atoms with van der Waals surface area (Å²) in [4.78, 5) is 13.3. The number of hydrogen-bond acceptors (Lipinski definition) is 3. The normalized spacial score (nSPS) is 19.5. The first-order valence-corrected chi connectivity index (χ1v) is 7.58. The number of aliphatic hydroxyl groups excluding tert-OH is 1. The fourth-order valence-electron chi connectivity index (χ4n) is 2.13. The molecule has 1 fully saturated rings. The lowest BCUT2D eigenvalue weighted by molar-refractivity contribution is -0.122. The fourth-order valence-corrected chi connectivity index (χ4v) is 3.02. The molecule has 1 amide bonds. The molecule has 2 rings (SSSR count). The monoisotopic (exact) mass is 279 g/mol. The molecule has 0 radical (unpaired) electrons. The Kier molecular flexibility index (Phi) is 4.53. The molecule has 2 N–H and O–H groups in total. The van der Waals surface area contributed by atoms with Crippen molar-refractivity contribution in [1.82, 2.24) is 5.32 Å². The lowest BCUT2D eigenvalue weighted by atomic mass is 9.97. The Morgan fingerprint density at radius 1 is 1.47 bits per heavy atom. The molecule has 1 aromatic carbocycles. The van der Waals surface area contributed by atoms with Gasteiger partial charge in [0.2, 0.25) is 5.91 Å². The number of nitrogens with one attached hydrogen (secondary N) is 1. The highest BCUT2D eigenvalue weighted by atomic mass is 32.2. The molecule has 0 heterocycles. The van der Waals surface area contributed by atoms with Crippen LogP contribution in [0.15, 0.2) is 35.2 Å². The Morgan fingerprint density at radius 2 is 2.11 bits per heavy atom. The summed E-state index contributed by atoms with van der Waals surface area (Å²) < 4.78 is 0. The van der Waals surface area contributed by atoms with Crippen molar-refractivity contribution in [3.8, 4) is 0 Å². The van der Waals surface area contributed by atoms with Gasteiger partial charge in [0, 0.05) is 4.90 Å². The van der Waals surface area contributed by atoms with Crippen LogP contribution in [0.25, 0.3) is 0 Å². The average Bonchev–Trinajstić information content (AvgIpc) is 3.24. The number of benzene rings is 1. The second kappa shape index (κ2) is 5.97. The molecule has 2 unspecified atom stereocenters. The highest BCUT2D eigenvalue weighted by Crippen LogP contribution is 2.39. The first-order chi connectivity index (χ1) is 9.05. The van der Waals surface area contributed by atoms with E-state index in [9.17, 15) is 9.90 Å². The average molecular weight is 279 g/mol. The highest BCUT2D eigenvalue weighted by Gasteiger charge is 2.42. The van der Waals surface area contributed by atoms with Gasteiger partial charge in [-0.2, -0.15) is 0 Å². The quantitative estimate of drug-likeness (QED) is 0.786. The van der Waals surface area contributed by atoms with Gasteiger partial charge in [0.05, 0.1) is 17.4 Å². The van der Waals surface area contributed by atoms with Gasteiger partial charge in [-0.05, 0) is 44.7 Å². The Labute approximate surface area is 118 Å². The molecule has 104 valence electrons. The number of aliphatic hydroxyl groups is 1. The van der Waals surface area contributed by atoms with Gasteiger partial charge in [-0.3, -0.25) is 4.79 Å². The van der Waals surface area contributed by atoms with Crippen molar-refractivity contribution in [2.45, 2.75) is 42.4 Å². The van der Waals surface area contributed by atoms with Gasteiger partial charge in [-0.15, -0.1) is 11.8 Å². The molecule has 1 aliphatic carbocycles. The van der Waals surface area contributed by atoms with Crippen LogP contribution in [0.1, 0.15) is 26.7 Å². The predicted octanol–water partition coefficient (Wildman–Crippen LogP) is 2.44. The van der Waals surface area contributed by atoms with Gasteiger partial charge in [0.25, 0.3) is 0 Å². The maximum Gasteiger partial charge on any atom is 0.233 e. The number of amides is 1. The zero-order chi connectivity index (χ0) is 13.9. The number of carbonyl (C=O) groups excluding carboxylic acids is 1. The topological polar surface area (TPSA) is 49.3 Å². The summed E-state index contributed by atoms with van der Waals surface area (Å²) in [5, 5.41) is 12.3. The highest BCUT2D eigenvalue weighted by molar-refractivity contribution is 8.00. The summed E-state index contributed by atoms with van der Waals surface area (Å²) in [5.41, 5.74) is -0.456. The molecular formula is C15H21NO2S. The van der Waals surface area contributed by atoms with Crippen LogP contribution < -0.4 is 5.32 Å². The van der Waals surface area contributed by atoms with E-state index in [-0.39, 0.29) is 17.8 Å². The summed E-state index contributed by atoms with van der Waals surface area (Å²) >= 11 is 1.54. The second-order valence-corrected chi connectivity index (χ2v) is 6.83. The van der Waals surface area contributed by atoms with Crippen molar-refractivity contribution in [2.24, 2.45) is 5.92 Å². The van der Waals surface area contributed by atoms with Crippen molar-refractivity contribution < 1.29 is 9.90 Å². The van der Waals surface area contributed by atoms with Crippen molar-refractivity contribution in [2.75, 3.05) is 6.61 Å². The van der Waals surface area contributed by atoms with Crippen LogP contribution in [-0.4, -0.2) is 28.4 Å². The maximum atomic E-state index is 12.2. The van der Waals surface area contributed by atoms with Gasteiger partial charge >= 0.3 is 0 Å². The third kappa shape index (κ3) is 3.74. The second-order valence-electron chi connectivity index (χ2n) is 5.41. The zero-order valence-corrected chi connectivity index (χ0v) is 12.2. The third-order valence-corrected chi connectivity index (χ3v) is 4.75. The summed E-state index contributed by atoms with van der Waals surface area (Å²) in [6, 6.07) is 9.90. The Hall–Kier alpha value is -1.00. The molecule has 1 saturated carbocycles. The van der Waals surface area contributed by atoms with Crippen LogP contribution in [-0.2, 0) is 4.79 Å². The first kappa shape index (κ1) is 14.4. The molecule has 0 spiro atoms. The predicted molar refractivity (Wildman–Crippen MR) is 78.1 cm³/mol. The smallest absolute Gasteiger partial charge is 0.233 e. The van der Waals surface area contributed by atoms with E-state index in [0.29, 0.717) is 5.92 Å². The minimum absolute atomic E-state index is 0.00250. The first-order valence-electron chi connectivity index (χ1n) is 6.70. The molecule has 4 heteroatoms. The molecule has 0 bridgehead atoms. The largest absolute Gasteiger partial charge is 0.394 e. The van der Waals surface area contributed by atoms with Crippen molar-refractivity contribution in [3.63, 3.8) is 0 Å². The van der Waals surface area contributed by atoms with E-state index in [1.807, 2.05) is 44.2 Å². The Morgan fingerprint density at radius 3 is 2.63 bits per heavy atom. The van der Waals surface area contributed by atoms with Crippen LogP contribution >= 0.6 is 11.8 Å².